The number of hydrogen-bond acceptors (Lipinski definition) is 3. The molecule has 5 nitrogen and oxygen atoms in total. The molecular formula is C14H26N4O. The first-order valence-corrected chi connectivity index (χ1v) is 7.00. The monoisotopic (exact) mass is 266 g/mol. The van der Waals surface area contributed by atoms with Crippen LogP contribution in [0, 0.1) is 12.3 Å². The van der Waals surface area contributed by atoms with Gasteiger partial charge in [0.25, 0.3) is 0 Å². The second-order valence-corrected chi connectivity index (χ2v) is 4.60. The first-order chi connectivity index (χ1) is 9.31. The van der Waals surface area contributed by atoms with Gasteiger partial charge in [-0.1, -0.05) is 5.92 Å². The van der Waals surface area contributed by atoms with Gasteiger partial charge in [0.1, 0.15) is 0 Å². The molecule has 1 aliphatic heterocycles. The number of ether oxygens (including phenoxy) is 1. The van der Waals surface area contributed by atoms with Crippen molar-refractivity contribution in [2.24, 2.45) is 4.99 Å². The van der Waals surface area contributed by atoms with Crippen LogP contribution in [0.2, 0.25) is 0 Å². The molecule has 1 fully saturated rings. The largest absolute Gasteiger partial charge is 0.383 e. The number of hydrogen-bond donors (Lipinski definition) is 2. The molecule has 108 valence electrons. The molecule has 0 amide bonds. The van der Waals surface area contributed by atoms with Gasteiger partial charge in [-0.2, -0.15) is 0 Å². The van der Waals surface area contributed by atoms with Crippen molar-refractivity contribution < 1.29 is 4.74 Å². The van der Waals surface area contributed by atoms with Crippen LogP contribution in [-0.4, -0.2) is 63.3 Å². The third-order valence-electron chi connectivity index (χ3n) is 3.24. The molecule has 5 heteroatoms. The van der Waals surface area contributed by atoms with Gasteiger partial charge in [0.05, 0.1) is 19.7 Å². The Bertz CT molecular complexity index is 311. The predicted molar refractivity (Wildman–Crippen MR) is 79.3 cm³/mol. The summed E-state index contributed by atoms with van der Waals surface area (Å²) in [6, 6.07) is 0.524. The van der Waals surface area contributed by atoms with Gasteiger partial charge in [-0.3, -0.25) is 9.89 Å². The Balaban J connectivity index is 2.43. The molecule has 0 spiro atoms. The number of terminal acetylenes is 1. The molecular weight excluding hydrogens is 240 g/mol. The maximum absolute atomic E-state index is 5.25. The zero-order chi connectivity index (χ0) is 13.9. The number of nitrogens with zero attached hydrogens (tertiary/aromatic N) is 2. The van der Waals surface area contributed by atoms with Gasteiger partial charge in [0.15, 0.2) is 5.96 Å². The van der Waals surface area contributed by atoms with Crippen molar-refractivity contribution in [3.8, 4) is 12.3 Å². The van der Waals surface area contributed by atoms with Crippen molar-refractivity contribution in [1.82, 2.24) is 15.5 Å². The number of methoxy groups -OCH3 is 1. The maximum Gasteiger partial charge on any atom is 0.192 e. The highest BCUT2D eigenvalue weighted by Crippen LogP contribution is 2.16. The van der Waals surface area contributed by atoms with Crippen molar-refractivity contribution in [2.45, 2.75) is 25.8 Å². The van der Waals surface area contributed by atoms with Crippen LogP contribution < -0.4 is 10.6 Å². The Morgan fingerprint density at radius 1 is 1.53 bits per heavy atom. The molecule has 1 heterocycles. The molecule has 0 bridgehead atoms. The lowest BCUT2D eigenvalue weighted by atomic mass is 10.2. The summed E-state index contributed by atoms with van der Waals surface area (Å²) in [4.78, 5) is 7.06. The van der Waals surface area contributed by atoms with E-state index in [-0.39, 0.29) is 0 Å². The highest BCUT2D eigenvalue weighted by Gasteiger charge is 2.23. The van der Waals surface area contributed by atoms with Crippen LogP contribution in [0.4, 0.5) is 0 Å². The topological polar surface area (TPSA) is 48.9 Å². The van der Waals surface area contributed by atoms with E-state index in [4.69, 9.17) is 11.2 Å². The Morgan fingerprint density at radius 3 is 3.05 bits per heavy atom. The van der Waals surface area contributed by atoms with Crippen LogP contribution >= 0.6 is 0 Å². The van der Waals surface area contributed by atoms with Crippen molar-refractivity contribution in [3.63, 3.8) is 0 Å². The lowest BCUT2D eigenvalue weighted by molar-refractivity contribution is 0.143. The smallest absolute Gasteiger partial charge is 0.192 e. The SMILES string of the molecule is C#CCNC(=NCC1CCCN1CCOC)NCC. The number of guanidine groups is 1. The summed E-state index contributed by atoms with van der Waals surface area (Å²) < 4.78 is 5.15. The lowest BCUT2D eigenvalue weighted by Crippen LogP contribution is -2.39. The fourth-order valence-corrected chi connectivity index (χ4v) is 2.28. The van der Waals surface area contributed by atoms with Crippen molar-refractivity contribution >= 4 is 5.96 Å². The van der Waals surface area contributed by atoms with Crippen molar-refractivity contribution in [1.29, 1.82) is 0 Å². The quantitative estimate of drug-likeness (QED) is 0.395. The molecule has 1 aliphatic rings. The highest BCUT2D eigenvalue weighted by molar-refractivity contribution is 5.79. The highest BCUT2D eigenvalue weighted by atomic mass is 16.5. The van der Waals surface area contributed by atoms with Crippen LogP contribution in [0.15, 0.2) is 4.99 Å². The summed E-state index contributed by atoms with van der Waals surface area (Å²) in [5.41, 5.74) is 0. The number of nitrogens with one attached hydrogen (secondary N) is 2. The molecule has 0 aliphatic carbocycles. The van der Waals surface area contributed by atoms with E-state index >= 15 is 0 Å². The molecule has 19 heavy (non-hydrogen) atoms. The van der Waals surface area contributed by atoms with E-state index < -0.39 is 0 Å². The summed E-state index contributed by atoms with van der Waals surface area (Å²) in [6.07, 6.45) is 7.71. The molecule has 0 aromatic carbocycles. The molecule has 0 aromatic heterocycles. The van der Waals surface area contributed by atoms with Gasteiger partial charge in [-0.15, -0.1) is 6.42 Å². The normalized spacial score (nSPS) is 20.3. The predicted octanol–water partition coefficient (Wildman–Crippen LogP) is 0.286. The third kappa shape index (κ3) is 5.95. The van der Waals surface area contributed by atoms with Crippen LogP contribution in [0.5, 0.6) is 0 Å². The average molecular weight is 266 g/mol. The van der Waals surface area contributed by atoms with Gasteiger partial charge in [-0.25, -0.2) is 0 Å². The summed E-state index contributed by atoms with van der Waals surface area (Å²) in [5.74, 6) is 3.37. The van der Waals surface area contributed by atoms with E-state index in [1.165, 1.54) is 12.8 Å². The van der Waals surface area contributed by atoms with Gasteiger partial charge >= 0.3 is 0 Å². The fraction of sp³-hybridized carbons (Fsp3) is 0.786. The van der Waals surface area contributed by atoms with Crippen molar-refractivity contribution in [2.75, 3.05) is 46.4 Å². The molecule has 1 rings (SSSR count). The van der Waals surface area contributed by atoms with Gasteiger partial charge in [-0.05, 0) is 26.3 Å². The first kappa shape index (κ1) is 15.8. The van der Waals surface area contributed by atoms with Crippen LogP contribution in [0.3, 0.4) is 0 Å². The summed E-state index contributed by atoms with van der Waals surface area (Å²) in [6.45, 7) is 7.13. The zero-order valence-corrected chi connectivity index (χ0v) is 12.1. The molecule has 1 unspecified atom stereocenters. The van der Waals surface area contributed by atoms with Gasteiger partial charge < -0.3 is 15.4 Å². The first-order valence-electron chi connectivity index (χ1n) is 7.00. The van der Waals surface area contributed by atoms with E-state index in [0.29, 0.717) is 12.6 Å². The second-order valence-electron chi connectivity index (χ2n) is 4.60. The fourth-order valence-electron chi connectivity index (χ4n) is 2.28. The van der Waals surface area contributed by atoms with E-state index in [1.54, 1.807) is 7.11 Å². The van der Waals surface area contributed by atoms with Crippen LogP contribution in [0.1, 0.15) is 19.8 Å². The maximum atomic E-state index is 5.25. The molecule has 2 N–H and O–H groups in total. The minimum Gasteiger partial charge on any atom is -0.383 e. The van der Waals surface area contributed by atoms with E-state index in [9.17, 15) is 0 Å². The zero-order valence-electron chi connectivity index (χ0n) is 12.1. The van der Waals surface area contributed by atoms with Crippen LogP contribution in [-0.2, 0) is 4.74 Å². The van der Waals surface area contributed by atoms with E-state index in [2.05, 4.69) is 26.4 Å². The Kier molecular flexibility index (Phi) is 8.03. The summed E-state index contributed by atoms with van der Waals surface area (Å²) in [7, 11) is 1.75. The minimum absolute atomic E-state index is 0.504. The molecule has 1 atom stereocenters. The standard InChI is InChI=1S/C14H26N4O/c1-4-8-16-14(15-5-2)17-12-13-7-6-9-18(13)10-11-19-3/h1,13H,5-12H2,2-3H3,(H2,15,16,17). The number of rotatable bonds is 7. The number of aliphatic imine (C=N–C) groups is 1. The summed E-state index contributed by atoms with van der Waals surface area (Å²) in [5, 5.41) is 6.31. The minimum atomic E-state index is 0.504. The number of likely N-dealkylation sites (tertiary alicyclic amines) is 1. The Morgan fingerprint density at radius 2 is 2.37 bits per heavy atom. The molecule has 0 saturated carbocycles. The molecule has 0 radical (unpaired) electrons. The van der Waals surface area contributed by atoms with E-state index in [0.717, 1.165) is 38.7 Å². The molecule has 0 aromatic rings. The second kappa shape index (κ2) is 9.65. The van der Waals surface area contributed by atoms with Gasteiger partial charge in [0.2, 0.25) is 0 Å². The van der Waals surface area contributed by atoms with Crippen LogP contribution in [0.25, 0.3) is 0 Å². The van der Waals surface area contributed by atoms with E-state index in [1.807, 2.05) is 6.92 Å². The van der Waals surface area contributed by atoms with Gasteiger partial charge in [0, 0.05) is 26.2 Å². The molecule has 1 saturated heterocycles. The Labute approximate surface area is 116 Å². The lowest BCUT2D eigenvalue weighted by Gasteiger charge is -2.23. The third-order valence-corrected chi connectivity index (χ3v) is 3.24. The summed E-state index contributed by atoms with van der Waals surface area (Å²) >= 11 is 0. The Hall–Kier alpha value is -1.25. The average Bonchev–Trinajstić information content (AvgIpc) is 2.87. The van der Waals surface area contributed by atoms with Crippen molar-refractivity contribution in [3.05, 3.63) is 0 Å².